The van der Waals surface area contributed by atoms with Crippen LogP contribution in [0.1, 0.15) is 17.0 Å². The molecule has 2 aromatic heterocycles. The molecule has 1 amide bonds. The zero-order valence-electron chi connectivity index (χ0n) is 18.2. The van der Waals surface area contributed by atoms with E-state index in [4.69, 9.17) is 16.3 Å². The molecule has 2 heterocycles. The number of carbonyl (C=O) groups excluding carboxylic acids is 1. The Morgan fingerprint density at radius 3 is 2.48 bits per heavy atom. The lowest BCUT2D eigenvalue weighted by Gasteiger charge is -2.13. The molecule has 168 valence electrons. The van der Waals surface area contributed by atoms with Gasteiger partial charge in [0.1, 0.15) is 18.2 Å². The van der Waals surface area contributed by atoms with Crippen LogP contribution in [-0.2, 0) is 11.4 Å². The first-order chi connectivity index (χ1) is 16.0. The number of thioether (sulfide) groups is 1. The van der Waals surface area contributed by atoms with E-state index in [1.165, 1.54) is 18.0 Å². The average Bonchev–Trinajstić information content (AvgIpc) is 3.22. The zero-order valence-corrected chi connectivity index (χ0v) is 19.7. The molecule has 0 aliphatic heterocycles. The molecule has 33 heavy (non-hydrogen) atoms. The number of hydrogen-bond acceptors (Lipinski definition) is 6. The number of aromatic nitrogens is 4. The van der Waals surface area contributed by atoms with E-state index in [-0.39, 0.29) is 18.3 Å². The van der Waals surface area contributed by atoms with Crippen LogP contribution in [-0.4, -0.2) is 31.4 Å². The lowest BCUT2D eigenvalue weighted by molar-refractivity contribution is -0.113. The average molecular weight is 480 g/mol. The maximum absolute atomic E-state index is 12.4. The Kier molecular flexibility index (Phi) is 7.26. The zero-order chi connectivity index (χ0) is 23.2. The molecule has 4 aromatic rings. The van der Waals surface area contributed by atoms with Crippen LogP contribution in [0, 0.1) is 13.8 Å². The standard InChI is InChI=1S/C24H22ClN5O2S/c1-16-7-6-8-17(2)23(16)32-14-21-28-29-24(30(21)19-9-4-3-5-10-19)33-15-22(31)27-20-12-11-18(25)13-26-20/h3-13H,14-15H2,1-2H3,(H,26,27,31). The number of nitrogens with zero attached hydrogens (tertiary/aromatic N) is 4. The third kappa shape index (κ3) is 5.71. The van der Waals surface area contributed by atoms with E-state index in [2.05, 4.69) is 20.5 Å². The number of pyridine rings is 1. The van der Waals surface area contributed by atoms with Crippen LogP contribution in [0.2, 0.25) is 5.02 Å². The van der Waals surface area contributed by atoms with Crippen molar-refractivity contribution in [1.82, 2.24) is 19.7 Å². The van der Waals surface area contributed by atoms with Gasteiger partial charge in [0.2, 0.25) is 5.91 Å². The van der Waals surface area contributed by atoms with Crippen molar-refractivity contribution < 1.29 is 9.53 Å². The molecule has 0 saturated heterocycles. The van der Waals surface area contributed by atoms with Crippen molar-refractivity contribution in [3.63, 3.8) is 0 Å². The van der Waals surface area contributed by atoms with E-state index in [1.54, 1.807) is 12.1 Å². The number of nitrogens with one attached hydrogen (secondary N) is 1. The fourth-order valence-electron chi connectivity index (χ4n) is 3.25. The van der Waals surface area contributed by atoms with Crippen molar-refractivity contribution in [2.75, 3.05) is 11.1 Å². The number of rotatable bonds is 8. The first-order valence-electron chi connectivity index (χ1n) is 10.2. The normalized spacial score (nSPS) is 10.8. The Balaban J connectivity index is 1.51. The number of anilines is 1. The van der Waals surface area contributed by atoms with Crippen LogP contribution < -0.4 is 10.1 Å². The van der Waals surface area contributed by atoms with Gasteiger partial charge in [0.25, 0.3) is 0 Å². The first-order valence-corrected chi connectivity index (χ1v) is 11.6. The summed E-state index contributed by atoms with van der Waals surface area (Å²) in [6.45, 7) is 4.27. The summed E-state index contributed by atoms with van der Waals surface area (Å²) in [5.74, 6) is 1.87. The monoisotopic (exact) mass is 479 g/mol. The predicted molar refractivity (Wildman–Crippen MR) is 130 cm³/mol. The van der Waals surface area contributed by atoms with Gasteiger partial charge in [-0.05, 0) is 49.2 Å². The quantitative estimate of drug-likeness (QED) is 0.348. The van der Waals surface area contributed by atoms with Gasteiger partial charge in [0.05, 0.1) is 10.8 Å². The molecule has 7 nitrogen and oxygen atoms in total. The van der Waals surface area contributed by atoms with Crippen LogP contribution >= 0.6 is 23.4 Å². The van der Waals surface area contributed by atoms with Gasteiger partial charge in [-0.25, -0.2) is 4.98 Å². The van der Waals surface area contributed by atoms with Crippen molar-refractivity contribution in [1.29, 1.82) is 0 Å². The summed E-state index contributed by atoms with van der Waals surface area (Å²) in [5, 5.41) is 12.5. The Bertz CT molecular complexity index is 1230. The molecule has 0 atom stereocenters. The molecule has 0 spiro atoms. The largest absolute Gasteiger partial charge is 0.485 e. The highest BCUT2D eigenvalue weighted by Gasteiger charge is 2.17. The molecule has 0 aliphatic rings. The van der Waals surface area contributed by atoms with Gasteiger partial charge < -0.3 is 10.1 Å². The van der Waals surface area contributed by atoms with Gasteiger partial charge >= 0.3 is 0 Å². The Labute approximate surface area is 201 Å². The van der Waals surface area contributed by atoms with E-state index in [9.17, 15) is 4.79 Å². The van der Waals surface area contributed by atoms with Crippen molar-refractivity contribution in [2.45, 2.75) is 25.6 Å². The Hall–Kier alpha value is -3.36. The van der Waals surface area contributed by atoms with Crippen LogP contribution in [0.15, 0.2) is 72.0 Å². The fraction of sp³-hybridized carbons (Fsp3) is 0.167. The molecule has 2 aromatic carbocycles. The number of ether oxygens (including phenoxy) is 1. The molecule has 0 saturated carbocycles. The van der Waals surface area contributed by atoms with E-state index < -0.39 is 0 Å². The Morgan fingerprint density at radius 1 is 1.03 bits per heavy atom. The van der Waals surface area contributed by atoms with Crippen molar-refractivity contribution in [3.8, 4) is 11.4 Å². The number of aryl methyl sites for hydroxylation is 2. The van der Waals surface area contributed by atoms with E-state index in [0.29, 0.717) is 21.8 Å². The lowest BCUT2D eigenvalue weighted by atomic mass is 10.1. The van der Waals surface area contributed by atoms with Crippen LogP contribution in [0.4, 0.5) is 5.82 Å². The first kappa shape index (κ1) is 22.8. The number of benzene rings is 2. The number of halogens is 1. The van der Waals surface area contributed by atoms with Gasteiger partial charge in [0.15, 0.2) is 11.0 Å². The maximum Gasteiger partial charge on any atom is 0.236 e. The van der Waals surface area contributed by atoms with E-state index in [0.717, 1.165) is 22.6 Å². The maximum atomic E-state index is 12.4. The summed E-state index contributed by atoms with van der Waals surface area (Å²) in [7, 11) is 0. The third-order valence-electron chi connectivity index (χ3n) is 4.80. The summed E-state index contributed by atoms with van der Waals surface area (Å²) in [5.41, 5.74) is 3.01. The molecule has 1 N–H and O–H groups in total. The fourth-order valence-corrected chi connectivity index (χ4v) is 4.13. The summed E-state index contributed by atoms with van der Waals surface area (Å²) in [4.78, 5) is 16.5. The third-order valence-corrected chi connectivity index (χ3v) is 5.95. The second-order valence-electron chi connectivity index (χ2n) is 7.28. The second-order valence-corrected chi connectivity index (χ2v) is 8.66. The molecular formula is C24H22ClN5O2S. The molecule has 0 bridgehead atoms. The SMILES string of the molecule is Cc1cccc(C)c1OCc1nnc(SCC(=O)Nc2ccc(Cl)cn2)n1-c1ccccc1. The van der Waals surface area contributed by atoms with Gasteiger partial charge in [-0.3, -0.25) is 9.36 Å². The van der Waals surface area contributed by atoms with Crippen molar-refractivity contribution >= 4 is 35.1 Å². The highest BCUT2D eigenvalue weighted by molar-refractivity contribution is 7.99. The number of para-hydroxylation sites is 2. The van der Waals surface area contributed by atoms with Crippen LogP contribution in [0.3, 0.4) is 0 Å². The Morgan fingerprint density at radius 2 is 1.79 bits per heavy atom. The van der Waals surface area contributed by atoms with Gasteiger partial charge in [-0.2, -0.15) is 0 Å². The summed E-state index contributed by atoms with van der Waals surface area (Å²) in [6.07, 6.45) is 1.48. The smallest absolute Gasteiger partial charge is 0.236 e. The van der Waals surface area contributed by atoms with Crippen molar-refractivity contribution in [2.24, 2.45) is 0 Å². The minimum Gasteiger partial charge on any atom is -0.485 e. The minimum atomic E-state index is -0.203. The molecular weight excluding hydrogens is 458 g/mol. The number of amides is 1. The summed E-state index contributed by atoms with van der Waals surface area (Å²) < 4.78 is 8.02. The topological polar surface area (TPSA) is 81.9 Å². The summed E-state index contributed by atoms with van der Waals surface area (Å²) in [6, 6.07) is 19.1. The molecule has 9 heteroatoms. The van der Waals surface area contributed by atoms with Gasteiger partial charge in [-0.1, -0.05) is 59.8 Å². The van der Waals surface area contributed by atoms with Crippen LogP contribution in [0.25, 0.3) is 5.69 Å². The highest BCUT2D eigenvalue weighted by Crippen LogP contribution is 2.26. The van der Waals surface area contributed by atoms with E-state index in [1.807, 2.05) is 66.9 Å². The predicted octanol–water partition coefficient (Wildman–Crippen LogP) is 5.24. The highest BCUT2D eigenvalue weighted by atomic mass is 35.5. The van der Waals surface area contributed by atoms with E-state index >= 15 is 0 Å². The molecule has 4 rings (SSSR count). The molecule has 0 fully saturated rings. The number of hydrogen-bond donors (Lipinski definition) is 1. The summed E-state index contributed by atoms with van der Waals surface area (Å²) >= 11 is 7.13. The number of carbonyl (C=O) groups is 1. The molecule has 0 aliphatic carbocycles. The van der Waals surface area contributed by atoms with Gasteiger partial charge in [-0.15, -0.1) is 10.2 Å². The molecule has 0 radical (unpaired) electrons. The minimum absolute atomic E-state index is 0.146. The molecule has 0 unspecified atom stereocenters. The van der Waals surface area contributed by atoms with Crippen LogP contribution in [0.5, 0.6) is 5.75 Å². The van der Waals surface area contributed by atoms with Gasteiger partial charge in [0, 0.05) is 11.9 Å². The lowest BCUT2D eigenvalue weighted by Crippen LogP contribution is -2.15. The van der Waals surface area contributed by atoms with Crippen molar-refractivity contribution in [3.05, 3.63) is 88.8 Å². The second kappa shape index (κ2) is 10.5.